The zero-order valence-electron chi connectivity index (χ0n) is 14.5. The number of benzene rings is 2. The maximum atomic E-state index is 12.4. The van der Waals surface area contributed by atoms with Gasteiger partial charge in [-0.05, 0) is 62.4 Å². The summed E-state index contributed by atoms with van der Waals surface area (Å²) in [4.78, 5) is 0. The standard InChI is InChI=1S/C19H25NO2S/c1-13-7-6-8-18(9-13)12-23(21,22)20-17(5)19-11-15(3)14(2)10-16(19)4/h6-11,17,20H,12H2,1-5H3/t17-/m1/s1. The highest BCUT2D eigenvalue weighted by Gasteiger charge is 2.18. The Labute approximate surface area is 139 Å². The first kappa shape index (κ1) is 17.7. The van der Waals surface area contributed by atoms with Crippen molar-refractivity contribution in [1.29, 1.82) is 0 Å². The predicted molar refractivity (Wildman–Crippen MR) is 96.0 cm³/mol. The third kappa shape index (κ3) is 4.66. The maximum Gasteiger partial charge on any atom is 0.216 e. The SMILES string of the molecule is Cc1cccc(CS(=O)(=O)N[C@H](C)c2cc(C)c(C)cc2C)c1. The first-order valence-electron chi connectivity index (χ1n) is 7.81. The lowest BCUT2D eigenvalue weighted by Gasteiger charge is -2.18. The number of aryl methyl sites for hydroxylation is 4. The summed E-state index contributed by atoms with van der Waals surface area (Å²) in [6.07, 6.45) is 0. The van der Waals surface area contributed by atoms with Crippen LogP contribution in [0.15, 0.2) is 36.4 Å². The van der Waals surface area contributed by atoms with E-state index in [-0.39, 0.29) is 11.8 Å². The van der Waals surface area contributed by atoms with Gasteiger partial charge in [-0.25, -0.2) is 13.1 Å². The van der Waals surface area contributed by atoms with Crippen molar-refractivity contribution in [3.05, 3.63) is 69.8 Å². The zero-order chi connectivity index (χ0) is 17.2. The number of sulfonamides is 1. The smallest absolute Gasteiger partial charge is 0.212 e. The molecule has 0 bridgehead atoms. The van der Waals surface area contributed by atoms with E-state index in [1.807, 2.05) is 52.0 Å². The fourth-order valence-corrected chi connectivity index (χ4v) is 4.21. The van der Waals surface area contributed by atoms with E-state index < -0.39 is 10.0 Å². The van der Waals surface area contributed by atoms with Crippen LogP contribution in [-0.2, 0) is 15.8 Å². The Morgan fingerprint density at radius 2 is 1.61 bits per heavy atom. The molecule has 0 aromatic heterocycles. The van der Waals surface area contributed by atoms with E-state index in [2.05, 4.69) is 23.8 Å². The van der Waals surface area contributed by atoms with Gasteiger partial charge in [-0.2, -0.15) is 0 Å². The number of rotatable bonds is 5. The molecule has 0 amide bonds. The monoisotopic (exact) mass is 331 g/mol. The first-order valence-corrected chi connectivity index (χ1v) is 9.46. The largest absolute Gasteiger partial charge is 0.216 e. The summed E-state index contributed by atoms with van der Waals surface area (Å²) in [5, 5.41) is 0. The lowest BCUT2D eigenvalue weighted by molar-refractivity contribution is 0.565. The van der Waals surface area contributed by atoms with E-state index in [0.29, 0.717) is 0 Å². The normalized spacial score (nSPS) is 13.1. The van der Waals surface area contributed by atoms with Crippen molar-refractivity contribution in [2.45, 2.75) is 46.4 Å². The Balaban J connectivity index is 2.18. The lowest BCUT2D eigenvalue weighted by Crippen LogP contribution is -2.28. The summed E-state index contributed by atoms with van der Waals surface area (Å²) >= 11 is 0. The average Bonchev–Trinajstić information content (AvgIpc) is 2.41. The molecule has 2 aromatic carbocycles. The van der Waals surface area contributed by atoms with Gasteiger partial charge in [-0.3, -0.25) is 0 Å². The second kappa shape index (κ2) is 6.85. The molecule has 2 rings (SSSR count). The second-order valence-corrected chi connectivity index (χ2v) is 8.13. The average molecular weight is 331 g/mol. The molecule has 23 heavy (non-hydrogen) atoms. The molecule has 2 aromatic rings. The highest BCUT2D eigenvalue weighted by Crippen LogP contribution is 2.22. The van der Waals surface area contributed by atoms with Gasteiger partial charge in [-0.15, -0.1) is 0 Å². The van der Waals surface area contributed by atoms with Crippen molar-refractivity contribution in [3.63, 3.8) is 0 Å². The van der Waals surface area contributed by atoms with Crippen LogP contribution in [0.5, 0.6) is 0 Å². The van der Waals surface area contributed by atoms with Gasteiger partial charge in [-0.1, -0.05) is 42.0 Å². The Hall–Kier alpha value is -1.65. The predicted octanol–water partition coefficient (Wildman–Crippen LogP) is 4.10. The summed E-state index contributed by atoms with van der Waals surface area (Å²) in [5.41, 5.74) is 6.41. The Kier molecular flexibility index (Phi) is 5.27. The third-order valence-electron chi connectivity index (χ3n) is 4.14. The third-order valence-corrected chi connectivity index (χ3v) is 5.57. The van der Waals surface area contributed by atoms with Crippen LogP contribution < -0.4 is 4.72 Å². The summed E-state index contributed by atoms with van der Waals surface area (Å²) in [7, 11) is -3.39. The molecule has 0 radical (unpaired) electrons. The molecule has 4 heteroatoms. The highest BCUT2D eigenvalue weighted by molar-refractivity contribution is 7.88. The summed E-state index contributed by atoms with van der Waals surface area (Å²) in [5.74, 6) is 0.00289. The molecule has 0 aliphatic heterocycles. The van der Waals surface area contributed by atoms with Crippen molar-refractivity contribution >= 4 is 10.0 Å². The topological polar surface area (TPSA) is 46.2 Å². The molecule has 0 fully saturated rings. The molecular weight excluding hydrogens is 306 g/mol. The van der Waals surface area contributed by atoms with Gasteiger partial charge in [0, 0.05) is 6.04 Å². The summed E-state index contributed by atoms with van der Waals surface area (Å²) in [6, 6.07) is 11.5. The first-order chi connectivity index (χ1) is 10.7. The molecular formula is C19H25NO2S. The van der Waals surface area contributed by atoms with Crippen molar-refractivity contribution in [1.82, 2.24) is 4.72 Å². The molecule has 0 heterocycles. The summed E-state index contributed by atoms with van der Waals surface area (Å²) in [6.45, 7) is 9.99. The minimum atomic E-state index is -3.39. The van der Waals surface area contributed by atoms with E-state index >= 15 is 0 Å². The molecule has 124 valence electrons. The van der Waals surface area contributed by atoms with Gasteiger partial charge in [0.05, 0.1) is 5.75 Å². The van der Waals surface area contributed by atoms with Crippen LogP contribution in [0, 0.1) is 27.7 Å². The zero-order valence-corrected chi connectivity index (χ0v) is 15.3. The van der Waals surface area contributed by atoms with Crippen LogP contribution in [-0.4, -0.2) is 8.42 Å². The molecule has 1 atom stereocenters. The minimum absolute atomic E-state index is 0.00289. The molecule has 0 unspecified atom stereocenters. The van der Waals surface area contributed by atoms with E-state index in [9.17, 15) is 8.42 Å². The Morgan fingerprint density at radius 1 is 0.957 bits per heavy atom. The maximum absolute atomic E-state index is 12.4. The molecule has 1 N–H and O–H groups in total. The lowest BCUT2D eigenvalue weighted by atomic mass is 9.97. The molecule has 0 saturated carbocycles. The van der Waals surface area contributed by atoms with Gasteiger partial charge in [0.2, 0.25) is 10.0 Å². The van der Waals surface area contributed by atoms with Gasteiger partial charge in [0.25, 0.3) is 0 Å². The fraction of sp³-hybridized carbons (Fsp3) is 0.368. The van der Waals surface area contributed by atoms with Crippen molar-refractivity contribution in [2.75, 3.05) is 0 Å². The van der Waals surface area contributed by atoms with E-state index in [4.69, 9.17) is 0 Å². The molecule has 0 spiro atoms. The second-order valence-electron chi connectivity index (χ2n) is 6.38. The van der Waals surface area contributed by atoms with Crippen LogP contribution >= 0.6 is 0 Å². The van der Waals surface area contributed by atoms with Crippen LogP contribution in [0.4, 0.5) is 0 Å². The van der Waals surface area contributed by atoms with Gasteiger partial charge >= 0.3 is 0 Å². The Morgan fingerprint density at radius 3 is 2.26 bits per heavy atom. The van der Waals surface area contributed by atoms with Crippen molar-refractivity contribution < 1.29 is 8.42 Å². The number of nitrogens with one attached hydrogen (secondary N) is 1. The molecule has 3 nitrogen and oxygen atoms in total. The van der Waals surface area contributed by atoms with Crippen molar-refractivity contribution in [3.8, 4) is 0 Å². The molecule has 0 aliphatic carbocycles. The van der Waals surface area contributed by atoms with E-state index in [0.717, 1.165) is 22.3 Å². The number of hydrogen-bond donors (Lipinski definition) is 1. The van der Waals surface area contributed by atoms with Crippen LogP contribution in [0.1, 0.15) is 46.3 Å². The fourth-order valence-electron chi connectivity index (χ4n) is 2.85. The van der Waals surface area contributed by atoms with Gasteiger partial charge in [0.15, 0.2) is 0 Å². The van der Waals surface area contributed by atoms with Crippen molar-refractivity contribution in [2.24, 2.45) is 0 Å². The van der Waals surface area contributed by atoms with Gasteiger partial charge in [0.1, 0.15) is 0 Å². The molecule has 0 saturated heterocycles. The number of hydrogen-bond acceptors (Lipinski definition) is 2. The highest BCUT2D eigenvalue weighted by atomic mass is 32.2. The quantitative estimate of drug-likeness (QED) is 0.896. The summed E-state index contributed by atoms with van der Waals surface area (Å²) < 4.78 is 27.7. The molecule has 0 aliphatic rings. The minimum Gasteiger partial charge on any atom is -0.212 e. The Bertz CT molecular complexity index is 810. The van der Waals surface area contributed by atoms with Gasteiger partial charge < -0.3 is 0 Å². The van der Waals surface area contributed by atoms with Crippen LogP contribution in [0.25, 0.3) is 0 Å². The van der Waals surface area contributed by atoms with E-state index in [1.54, 1.807) is 0 Å². The van der Waals surface area contributed by atoms with E-state index in [1.165, 1.54) is 11.1 Å². The van der Waals surface area contributed by atoms with Crippen LogP contribution in [0.2, 0.25) is 0 Å². The van der Waals surface area contributed by atoms with Crippen LogP contribution in [0.3, 0.4) is 0 Å².